The zero-order chi connectivity index (χ0) is 31.6. The quantitative estimate of drug-likeness (QED) is 0.134. The van der Waals surface area contributed by atoms with Crippen molar-refractivity contribution in [1.29, 1.82) is 5.41 Å². The van der Waals surface area contributed by atoms with Crippen LogP contribution in [0.5, 0.6) is 0 Å². The molecule has 0 unspecified atom stereocenters. The summed E-state index contributed by atoms with van der Waals surface area (Å²) >= 11 is 0. The first-order valence-corrected chi connectivity index (χ1v) is 15.6. The molecule has 1 aliphatic rings. The number of hydrogen-bond acceptors (Lipinski definition) is 2. The Kier molecular flexibility index (Phi) is 7.66. The summed E-state index contributed by atoms with van der Waals surface area (Å²) in [6, 6.07) is 37.4. The predicted molar refractivity (Wildman–Crippen MR) is 199 cm³/mol. The van der Waals surface area contributed by atoms with Gasteiger partial charge in [0, 0.05) is 40.3 Å². The summed E-state index contributed by atoms with van der Waals surface area (Å²) in [7, 11) is 0. The van der Waals surface area contributed by atoms with Crippen molar-refractivity contribution >= 4 is 50.1 Å². The van der Waals surface area contributed by atoms with Crippen molar-refractivity contribution in [1.82, 2.24) is 9.88 Å². The zero-order valence-electron chi connectivity index (χ0n) is 25.9. The molecule has 0 spiro atoms. The Morgan fingerprint density at radius 3 is 2.28 bits per heavy atom. The van der Waals surface area contributed by atoms with Gasteiger partial charge >= 0.3 is 0 Å². The molecule has 2 N–H and O–H groups in total. The van der Waals surface area contributed by atoms with Crippen molar-refractivity contribution in [2.75, 3.05) is 6.54 Å². The average Bonchev–Trinajstić information content (AvgIpc) is 3.45. The van der Waals surface area contributed by atoms with E-state index in [2.05, 4.69) is 151 Å². The number of dihydropyridines is 1. The second kappa shape index (κ2) is 12.2. The van der Waals surface area contributed by atoms with Crippen LogP contribution in [0.1, 0.15) is 18.1 Å². The van der Waals surface area contributed by atoms with Crippen molar-refractivity contribution in [3.63, 3.8) is 0 Å². The fourth-order valence-corrected chi connectivity index (χ4v) is 6.57. The van der Waals surface area contributed by atoms with Crippen molar-refractivity contribution < 1.29 is 0 Å². The van der Waals surface area contributed by atoms with Crippen LogP contribution < -0.4 is 5.32 Å². The Hall–Kier alpha value is -5.93. The Morgan fingerprint density at radius 1 is 0.761 bits per heavy atom. The van der Waals surface area contributed by atoms with Gasteiger partial charge in [-0.05, 0) is 87.7 Å². The first-order chi connectivity index (χ1) is 22.6. The number of para-hydroxylation sites is 1. The lowest BCUT2D eigenvalue weighted by Gasteiger charge is -2.18. The van der Waals surface area contributed by atoms with E-state index in [1.54, 1.807) is 6.08 Å². The second-order valence-corrected chi connectivity index (χ2v) is 11.5. The van der Waals surface area contributed by atoms with E-state index in [0.29, 0.717) is 6.54 Å². The van der Waals surface area contributed by atoms with Gasteiger partial charge in [-0.1, -0.05) is 116 Å². The van der Waals surface area contributed by atoms with Crippen LogP contribution in [0.2, 0.25) is 0 Å². The SMILES string of the molecule is C=C/C=C(\C=N)C1=CC=C(c2ccc3c(ccc4c5ccc(-c6cccc(/C(C=C)=C/C)c6)cc5n(-c5ccccc5)c34)c2)NC1. The first kappa shape index (κ1) is 28.8. The minimum atomic E-state index is 0.662. The Labute approximate surface area is 270 Å². The molecule has 0 radical (unpaired) electrons. The van der Waals surface area contributed by atoms with Crippen LogP contribution in [-0.4, -0.2) is 17.3 Å². The molecule has 6 aromatic rings. The number of aromatic nitrogens is 1. The third-order valence-electron chi connectivity index (χ3n) is 8.87. The zero-order valence-corrected chi connectivity index (χ0v) is 25.9. The summed E-state index contributed by atoms with van der Waals surface area (Å²) in [5.41, 5.74) is 12.3. The molecular weight excluding hydrogens is 558 g/mol. The molecule has 0 saturated carbocycles. The number of allylic oxidation sites excluding steroid dienone is 7. The fourth-order valence-electron chi connectivity index (χ4n) is 6.57. The fraction of sp³-hybridized carbons (Fsp3) is 0.0465. The second-order valence-electron chi connectivity index (χ2n) is 11.5. The summed E-state index contributed by atoms with van der Waals surface area (Å²) < 4.78 is 2.42. The van der Waals surface area contributed by atoms with Crippen LogP contribution in [0.15, 0.2) is 164 Å². The molecule has 5 aromatic carbocycles. The Morgan fingerprint density at radius 2 is 1.54 bits per heavy atom. The third-order valence-corrected chi connectivity index (χ3v) is 8.87. The smallest absolute Gasteiger partial charge is 0.0619 e. The third kappa shape index (κ3) is 5.02. The van der Waals surface area contributed by atoms with Gasteiger partial charge in [-0.15, -0.1) is 0 Å². The summed E-state index contributed by atoms with van der Waals surface area (Å²) in [6.45, 7) is 10.5. The topological polar surface area (TPSA) is 40.8 Å². The molecule has 7 rings (SSSR count). The van der Waals surface area contributed by atoms with Gasteiger partial charge in [0.1, 0.15) is 0 Å². The van der Waals surface area contributed by atoms with Crippen LogP contribution in [0.25, 0.3) is 60.7 Å². The van der Waals surface area contributed by atoms with Gasteiger partial charge in [-0.3, -0.25) is 0 Å². The van der Waals surface area contributed by atoms with Crippen molar-refractivity contribution in [2.45, 2.75) is 6.92 Å². The minimum absolute atomic E-state index is 0.662. The van der Waals surface area contributed by atoms with Gasteiger partial charge < -0.3 is 15.3 Å². The van der Waals surface area contributed by atoms with E-state index in [4.69, 9.17) is 5.41 Å². The lowest BCUT2D eigenvalue weighted by molar-refractivity contribution is 0.957. The number of rotatable bonds is 8. The molecule has 0 amide bonds. The van der Waals surface area contributed by atoms with E-state index >= 15 is 0 Å². The maximum atomic E-state index is 7.75. The van der Waals surface area contributed by atoms with E-state index in [9.17, 15) is 0 Å². The largest absolute Gasteiger partial charge is 0.380 e. The van der Waals surface area contributed by atoms with Crippen molar-refractivity contribution in [3.05, 3.63) is 175 Å². The molecule has 222 valence electrons. The standard InChI is InChI=1S/C43H35N3/c1-4-11-35(27-44)36-19-23-41(45-28-36)34-18-20-38-33(25-34)17-22-40-39-21-16-32(31-13-10-12-30(24-31)29(5-2)6-3)26-42(39)46(43(38)40)37-14-8-7-9-15-37/h4-27,44-45H,1-2,28H2,3H3/b29-6+,35-11+,44-27?. The van der Waals surface area contributed by atoms with Gasteiger partial charge in [0.2, 0.25) is 0 Å². The number of nitrogens with one attached hydrogen (secondary N) is 2. The number of benzene rings is 5. The van der Waals surface area contributed by atoms with Crippen LogP contribution in [0, 0.1) is 5.41 Å². The van der Waals surface area contributed by atoms with Gasteiger partial charge in [0.15, 0.2) is 0 Å². The summed E-state index contributed by atoms with van der Waals surface area (Å²) in [5, 5.41) is 16.2. The first-order valence-electron chi connectivity index (χ1n) is 15.6. The van der Waals surface area contributed by atoms with Crippen LogP contribution in [-0.2, 0) is 0 Å². The summed E-state index contributed by atoms with van der Waals surface area (Å²) in [5.74, 6) is 0. The van der Waals surface area contributed by atoms with Gasteiger partial charge in [0.25, 0.3) is 0 Å². The van der Waals surface area contributed by atoms with Crippen LogP contribution in [0.4, 0.5) is 0 Å². The van der Waals surface area contributed by atoms with E-state index in [1.165, 1.54) is 49.9 Å². The normalized spacial score (nSPS) is 13.8. The van der Waals surface area contributed by atoms with Gasteiger partial charge in [-0.2, -0.15) is 0 Å². The molecule has 2 heterocycles. The Bertz CT molecular complexity index is 2310. The van der Waals surface area contributed by atoms with Crippen molar-refractivity contribution in [3.8, 4) is 16.8 Å². The molecule has 3 nitrogen and oxygen atoms in total. The van der Waals surface area contributed by atoms with Gasteiger partial charge in [-0.25, -0.2) is 0 Å². The van der Waals surface area contributed by atoms with E-state index < -0.39 is 0 Å². The molecule has 0 bridgehead atoms. The highest BCUT2D eigenvalue weighted by Gasteiger charge is 2.17. The molecule has 3 heteroatoms. The highest BCUT2D eigenvalue weighted by Crippen LogP contribution is 2.39. The Balaban J connectivity index is 1.40. The lowest BCUT2D eigenvalue weighted by atomic mass is 9.97. The van der Waals surface area contributed by atoms with Crippen LogP contribution in [0.3, 0.4) is 0 Å². The maximum Gasteiger partial charge on any atom is 0.0619 e. The van der Waals surface area contributed by atoms with Gasteiger partial charge in [0.05, 0.1) is 11.0 Å². The molecule has 46 heavy (non-hydrogen) atoms. The molecule has 1 aliphatic heterocycles. The predicted octanol–water partition coefficient (Wildman–Crippen LogP) is 10.8. The average molecular weight is 594 g/mol. The molecule has 0 atom stereocenters. The van der Waals surface area contributed by atoms with E-state index in [-0.39, 0.29) is 0 Å². The number of fused-ring (bicyclic) bond motifs is 5. The summed E-state index contributed by atoms with van der Waals surface area (Å²) in [4.78, 5) is 0. The maximum absolute atomic E-state index is 7.75. The van der Waals surface area contributed by atoms with E-state index in [1.807, 2.05) is 12.2 Å². The molecular formula is C43H35N3. The minimum Gasteiger partial charge on any atom is -0.380 e. The molecule has 1 aromatic heterocycles. The summed E-state index contributed by atoms with van der Waals surface area (Å²) in [6.07, 6.45) is 13.2. The van der Waals surface area contributed by atoms with E-state index in [0.717, 1.165) is 39.2 Å². The van der Waals surface area contributed by atoms with Crippen molar-refractivity contribution in [2.24, 2.45) is 0 Å². The van der Waals surface area contributed by atoms with Crippen LogP contribution >= 0.6 is 0 Å². The monoisotopic (exact) mass is 593 g/mol. The molecule has 0 saturated heterocycles. The molecule has 0 aliphatic carbocycles. The highest BCUT2D eigenvalue weighted by atomic mass is 15.0. The lowest BCUT2D eigenvalue weighted by Crippen LogP contribution is -2.20. The number of nitrogens with zero attached hydrogens (tertiary/aromatic N) is 1. The number of hydrogen-bond donors (Lipinski definition) is 2. The molecule has 0 fully saturated rings. The highest BCUT2D eigenvalue weighted by molar-refractivity contribution is 6.19.